The summed E-state index contributed by atoms with van der Waals surface area (Å²) >= 11 is 0. The van der Waals surface area contributed by atoms with E-state index in [1.807, 2.05) is 4.90 Å². The van der Waals surface area contributed by atoms with Crippen LogP contribution in [0.2, 0.25) is 0 Å². The van der Waals surface area contributed by atoms with Crippen LogP contribution in [0.15, 0.2) is 0 Å². The number of rotatable bonds is 2. The van der Waals surface area contributed by atoms with E-state index in [0.29, 0.717) is 0 Å². The number of hydrogen-bond donors (Lipinski definition) is 3. The van der Waals surface area contributed by atoms with Gasteiger partial charge in [0.2, 0.25) is 0 Å². The second kappa shape index (κ2) is 5.83. The molecule has 0 amide bonds. The zero-order valence-electron chi connectivity index (χ0n) is 10.2. The predicted molar refractivity (Wildman–Crippen MR) is 61.2 cm³/mol. The summed E-state index contributed by atoms with van der Waals surface area (Å²) in [5.74, 6) is 0. The molecule has 2 saturated heterocycles. The lowest BCUT2D eigenvalue weighted by Gasteiger charge is -2.28. The predicted octanol–water partition coefficient (Wildman–Crippen LogP) is -3.09. The zero-order chi connectivity index (χ0) is 10.5. The number of nitrogens with one attached hydrogen (secondary N) is 2. The molecule has 2 aliphatic rings. The van der Waals surface area contributed by atoms with Crippen molar-refractivity contribution in [3.05, 3.63) is 0 Å². The van der Waals surface area contributed by atoms with Crippen molar-refractivity contribution in [3.8, 4) is 0 Å². The molecule has 2 heterocycles. The molecule has 0 aliphatic carbocycles. The van der Waals surface area contributed by atoms with E-state index in [1.165, 1.54) is 65.0 Å². The molecule has 0 aromatic rings. The van der Waals surface area contributed by atoms with E-state index in [0.717, 1.165) is 6.04 Å². The standard InChI is InChI=1S/C12H25N3/c1-14-7-9-15(10-8-14)11-12-5-3-2-4-6-13-12/h12-13H,2-11H2,1H3/p+3/t12-/m1/s1. The van der Waals surface area contributed by atoms with Gasteiger partial charge in [-0.3, -0.25) is 0 Å². The summed E-state index contributed by atoms with van der Waals surface area (Å²) in [6.45, 7) is 8.35. The molecular weight excluding hydrogens is 186 g/mol. The largest absolute Gasteiger partial charge is 0.339 e. The summed E-state index contributed by atoms with van der Waals surface area (Å²) in [4.78, 5) is 3.59. The summed E-state index contributed by atoms with van der Waals surface area (Å²) in [6, 6.07) is 0.931. The van der Waals surface area contributed by atoms with Gasteiger partial charge in [-0.05, 0) is 19.3 Å². The Bertz CT molecular complexity index is 168. The van der Waals surface area contributed by atoms with Crippen molar-refractivity contribution in [2.75, 3.05) is 46.3 Å². The molecule has 3 nitrogen and oxygen atoms in total. The molecule has 2 fully saturated rings. The lowest BCUT2D eigenvalue weighted by molar-refractivity contribution is -1.01. The van der Waals surface area contributed by atoms with Crippen LogP contribution in [0.3, 0.4) is 0 Å². The van der Waals surface area contributed by atoms with Crippen LogP contribution in [0.1, 0.15) is 25.7 Å². The quantitative estimate of drug-likeness (QED) is 0.434. The molecule has 0 bridgehead atoms. The Labute approximate surface area is 93.8 Å². The molecule has 0 unspecified atom stereocenters. The number of hydrogen-bond acceptors (Lipinski definition) is 0. The van der Waals surface area contributed by atoms with E-state index in [4.69, 9.17) is 0 Å². The maximum Gasteiger partial charge on any atom is 0.135 e. The molecule has 1 atom stereocenters. The topological polar surface area (TPSA) is 25.5 Å². The maximum atomic E-state index is 2.62. The van der Waals surface area contributed by atoms with E-state index in [9.17, 15) is 0 Å². The van der Waals surface area contributed by atoms with Crippen LogP contribution in [0.4, 0.5) is 0 Å². The third-order valence-corrected chi connectivity index (χ3v) is 4.14. The lowest BCUT2D eigenvalue weighted by Crippen LogP contribution is -3.28. The summed E-state index contributed by atoms with van der Waals surface area (Å²) in [6.07, 6.45) is 5.85. The molecule has 0 saturated carbocycles. The van der Waals surface area contributed by atoms with E-state index < -0.39 is 0 Å². The Morgan fingerprint density at radius 1 is 1.07 bits per heavy atom. The van der Waals surface area contributed by atoms with E-state index in [2.05, 4.69) is 12.4 Å². The first-order valence-electron chi connectivity index (χ1n) is 6.83. The zero-order valence-corrected chi connectivity index (χ0v) is 10.2. The molecule has 88 valence electrons. The Hall–Kier alpha value is -0.120. The van der Waals surface area contributed by atoms with Crippen molar-refractivity contribution in [2.45, 2.75) is 31.7 Å². The van der Waals surface area contributed by atoms with Crippen LogP contribution < -0.4 is 15.1 Å². The fraction of sp³-hybridized carbons (Fsp3) is 1.00. The SMILES string of the molecule is C[NH+]1CC[NH+](C[C@H]2CCCCC[NH2+]2)CC1. The normalized spacial score (nSPS) is 38.6. The molecule has 15 heavy (non-hydrogen) atoms. The maximum absolute atomic E-state index is 2.62. The minimum Gasteiger partial charge on any atom is -0.339 e. The Kier molecular flexibility index (Phi) is 4.42. The Balaban J connectivity index is 1.70. The van der Waals surface area contributed by atoms with Crippen LogP contribution in [-0.2, 0) is 0 Å². The van der Waals surface area contributed by atoms with Gasteiger partial charge in [-0.1, -0.05) is 0 Å². The highest BCUT2D eigenvalue weighted by Gasteiger charge is 2.25. The van der Waals surface area contributed by atoms with Gasteiger partial charge in [-0.25, -0.2) is 0 Å². The molecule has 4 N–H and O–H groups in total. The summed E-state index contributed by atoms with van der Waals surface area (Å²) in [5, 5.41) is 2.62. The van der Waals surface area contributed by atoms with E-state index >= 15 is 0 Å². The summed E-state index contributed by atoms with van der Waals surface area (Å²) in [5.41, 5.74) is 0. The van der Waals surface area contributed by atoms with Crippen LogP contribution in [0, 0.1) is 0 Å². The van der Waals surface area contributed by atoms with Gasteiger partial charge in [0.05, 0.1) is 13.6 Å². The first kappa shape index (κ1) is 11.4. The number of likely N-dealkylation sites (N-methyl/N-ethyl adjacent to an activating group) is 1. The van der Waals surface area contributed by atoms with Crippen molar-refractivity contribution in [2.24, 2.45) is 0 Å². The fourth-order valence-electron chi connectivity index (χ4n) is 2.99. The Morgan fingerprint density at radius 2 is 1.87 bits per heavy atom. The van der Waals surface area contributed by atoms with Crippen molar-refractivity contribution in [1.29, 1.82) is 0 Å². The van der Waals surface area contributed by atoms with Crippen LogP contribution in [-0.4, -0.2) is 52.4 Å². The van der Waals surface area contributed by atoms with Crippen LogP contribution >= 0.6 is 0 Å². The molecule has 0 aromatic carbocycles. The van der Waals surface area contributed by atoms with Crippen LogP contribution in [0.25, 0.3) is 0 Å². The molecule has 0 radical (unpaired) electrons. The second-order valence-electron chi connectivity index (χ2n) is 5.55. The minimum atomic E-state index is 0.931. The van der Waals surface area contributed by atoms with Crippen molar-refractivity contribution >= 4 is 0 Å². The van der Waals surface area contributed by atoms with Crippen molar-refractivity contribution in [1.82, 2.24) is 0 Å². The average Bonchev–Trinajstić information content (AvgIpc) is 2.50. The third-order valence-electron chi connectivity index (χ3n) is 4.14. The van der Waals surface area contributed by atoms with Gasteiger partial charge in [-0.15, -0.1) is 0 Å². The number of piperazine rings is 1. The third kappa shape index (κ3) is 3.74. The summed E-state index contributed by atoms with van der Waals surface area (Å²) < 4.78 is 0. The smallest absolute Gasteiger partial charge is 0.135 e. The van der Waals surface area contributed by atoms with Gasteiger partial charge in [-0.2, -0.15) is 0 Å². The molecular formula is C12H28N3+3. The molecule has 0 aromatic heterocycles. The highest BCUT2D eigenvalue weighted by Crippen LogP contribution is 2.02. The summed E-state index contributed by atoms with van der Waals surface area (Å²) in [7, 11) is 2.33. The van der Waals surface area contributed by atoms with Gasteiger partial charge in [0.1, 0.15) is 38.8 Å². The molecule has 2 aliphatic heterocycles. The van der Waals surface area contributed by atoms with Crippen molar-refractivity contribution < 1.29 is 15.1 Å². The first-order valence-corrected chi connectivity index (χ1v) is 6.83. The Morgan fingerprint density at radius 3 is 2.67 bits per heavy atom. The van der Waals surface area contributed by atoms with Gasteiger partial charge in [0, 0.05) is 6.42 Å². The second-order valence-corrected chi connectivity index (χ2v) is 5.55. The number of nitrogens with two attached hydrogens (primary N) is 1. The minimum absolute atomic E-state index is 0.931. The molecule has 2 rings (SSSR count). The van der Waals surface area contributed by atoms with E-state index in [1.54, 1.807) is 4.90 Å². The van der Waals surface area contributed by atoms with E-state index in [-0.39, 0.29) is 0 Å². The first-order chi connectivity index (χ1) is 7.34. The van der Waals surface area contributed by atoms with Gasteiger partial charge >= 0.3 is 0 Å². The molecule has 3 heteroatoms. The fourth-order valence-corrected chi connectivity index (χ4v) is 2.99. The van der Waals surface area contributed by atoms with Gasteiger partial charge < -0.3 is 15.1 Å². The highest BCUT2D eigenvalue weighted by molar-refractivity contribution is 4.57. The average molecular weight is 214 g/mol. The lowest BCUT2D eigenvalue weighted by atomic mass is 10.1. The van der Waals surface area contributed by atoms with Gasteiger partial charge in [0.15, 0.2) is 0 Å². The molecule has 0 spiro atoms. The highest BCUT2D eigenvalue weighted by atomic mass is 15.3. The monoisotopic (exact) mass is 214 g/mol. The van der Waals surface area contributed by atoms with Crippen molar-refractivity contribution in [3.63, 3.8) is 0 Å². The number of quaternary nitrogens is 3. The van der Waals surface area contributed by atoms with Crippen LogP contribution in [0.5, 0.6) is 0 Å². The van der Waals surface area contributed by atoms with Gasteiger partial charge in [0.25, 0.3) is 0 Å².